The number of rotatable bonds is 2. The van der Waals surface area contributed by atoms with E-state index in [0.29, 0.717) is 5.56 Å². The first-order valence-corrected chi connectivity index (χ1v) is 7.00. The van der Waals surface area contributed by atoms with Gasteiger partial charge in [-0.05, 0) is 36.4 Å². The van der Waals surface area contributed by atoms with E-state index < -0.39 is 11.7 Å². The molecule has 3 nitrogen and oxygen atoms in total. The lowest BCUT2D eigenvalue weighted by molar-refractivity contribution is -0.137. The molecule has 3 rings (SSSR count). The van der Waals surface area contributed by atoms with Gasteiger partial charge in [0.05, 0.1) is 5.56 Å². The van der Waals surface area contributed by atoms with E-state index in [9.17, 15) is 13.2 Å². The van der Waals surface area contributed by atoms with Crippen molar-refractivity contribution in [2.24, 2.45) is 0 Å². The van der Waals surface area contributed by atoms with Gasteiger partial charge in [-0.25, -0.2) is 0 Å². The molecule has 0 fully saturated rings. The summed E-state index contributed by atoms with van der Waals surface area (Å²) in [5.41, 5.74) is 0.191. The van der Waals surface area contributed by atoms with Crippen molar-refractivity contribution in [2.45, 2.75) is 6.18 Å². The van der Waals surface area contributed by atoms with E-state index in [1.54, 1.807) is 12.1 Å². The van der Waals surface area contributed by atoms with Crippen LogP contribution in [0.5, 0.6) is 0 Å². The molecule has 0 spiro atoms. The first-order valence-electron chi connectivity index (χ1n) is 6.21. The van der Waals surface area contributed by atoms with E-state index in [4.69, 9.17) is 4.52 Å². The summed E-state index contributed by atoms with van der Waals surface area (Å²) in [5, 5.41) is 3.74. The van der Waals surface area contributed by atoms with Crippen molar-refractivity contribution in [1.82, 2.24) is 10.1 Å². The molecule has 7 heteroatoms. The maximum Gasteiger partial charge on any atom is 0.416 e. The third-order valence-electron chi connectivity index (χ3n) is 2.97. The summed E-state index contributed by atoms with van der Waals surface area (Å²) in [6, 6.07) is 12.0. The molecule has 0 unspecified atom stereocenters. The van der Waals surface area contributed by atoms with Gasteiger partial charge in [0.25, 0.3) is 5.89 Å². The van der Waals surface area contributed by atoms with Gasteiger partial charge >= 0.3 is 6.18 Å². The molecule has 0 aliphatic heterocycles. The van der Waals surface area contributed by atoms with E-state index in [-0.39, 0.29) is 17.3 Å². The fourth-order valence-corrected chi connectivity index (χ4v) is 2.15. The Kier molecular flexibility index (Phi) is 3.74. The van der Waals surface area contributed by atoms with Gasteiger partial charge in [-0.3, -0.25) is 0 Å². The molecule has 1 aromatic heterocycles. The Morgan fingerprint density at radius 1 is 0.955 bits per heavy atom. The Balaban J connectivity index is 1.96. The quantitative estimate of drug-likeness (QED) is 0.625. The molecule has 2 aromatic carbocycles. The molecule has 0 amide bonds. The van der Waals surface area contributed by atoms with Crippen LogP contribution in [0.1, 0.15) is 5.56 Å². The highest BCUT2D eigenvalue weighted by Crippen LogP contribution is 2.32. The predicted octanol–water partition coefficient (Wildman–Crippen LogP) is 5.18. The first-order chi connectivity index (χ1) is 10.4. The number of halogens is 4. The molecule has 1 heterocycles. The minimum Gasteiger partial charge on any atom is -0.334 e. The molecule has 0 radical (unpaired) electrons. The van der Waals surface area contributed by atoms with Crippen LogP contribution in [-0.4, -0.2) is 10.1 Å². The molecular weight excluding hydrogens is 361 g/mol. The van der Waals surface area contributed by atoms with Gasteiger partial charge in [-0.15, -0.1) is 0 Å². The summed E-state index contributed by atoms with van der Waals surface area (Å²) in [4.78, 5) is 4.14. The number of nitrogens with zero attached hydrogens (tertiary/aromatic N) is 2. The van der Waals surface area contributed by atoms with Crippen molar-refractivity contribution in [2.75, 3.05) is 0 Å². The molecule has 3 aromatic rings. The third kappa shape index (κ3) is 3.04. The van der Waals surface area contributed by atoms with Gasteiger partial charge in [0, 0.05) is 15.6 Å². The lowest BCUT2D eigenvalue weighted by Crippen LogP contribution is -2.04. The normalized spacial score (nSPS) is 11.6. The largest absolute Gasteiger partial charge is 0.416 e. The van der Waals surface area contributed by atoms with E-state index in [2.05, 4.69) is 26.1 Å². The number of hydrogen-bond acceptors (Lipinski definition) is 3. The Morgan fingerprint density at radius 3 is 2.36 bits per heavy atom. The van der Waals surface area contributed by atoms with Crippen LogP contribution in [0, 0.1) is 0 Å². The van der Waals surface area contributed by atoms with E-state index in [1.165, 1.54) is 12.1 Å². The smallest absolute Gasteiger partial charge is 0.334 e. The summed E-state index contributed by atoms with van der Waals surface area (Å²) < 4.78 is 44.2. The molecule has 0 aliphatic rings. The van der Waals surface area contributed by atoms with Crippen molar-refractivity contribution >= 4 is 15.9 Å². The zero-order valence-electron chi connectivity index (χ0n) is 10.9. The second-order valence-corrected chi connectivity index (χ2v) is 5.42. The van der Waals surface area contributed by atoms with Crippen molar-refractivity contribution < 1.29 is 17.7 Å². The highest BCUT2D eigenvalue weighted by molar-refractivity contribution is 9.10. The molecule has 0 saturated carbocycles. The van der Waals surface area contributed by atoms with Crippen LogP contribution in [0.2, 0.25) is 0 Å². The van der Waals surface area contributed by atoms with Gasteiger partial charge < -0.3 is 4.52 Å². The Hall–Kier alpha value is -2.15. The number of alkyl halides is 3. The minimum absolute atomic E-state index is 0.115. The molecule has 22 heavy (non-hydrogen) atoms. The number of aromatic nitrogens is 2. The van der Waals surface area contributed by atoms with E-state index in [0.717, 1.165) is 16.6 Å². The highest BCUT2D eigenvalue weighted by Gasteiger charge is 2.30. The lowest BCUT2D eigenvalue weighted by Gasteiger charge is -2.06. The summed E-state index contributed by atoms with van der Waals surface area (Å²) in [6.07, 6.45) is -4.41. The maximum atomic E-state index is 12.7. The fourth-order valence-electron chi connectivity index (χ4n) is 1.89. The zero-order chi connectivity index (χ0) is 15.7. The van der Waals surface area contributed by atoms with Crippen LogP contribution in [0.4, 0.5) is 13.2 Å². The average molecular weight is 369 g/mol. The van der Waals surface area contributed by atoms with Crippen molar-refractivity contribution in [1.29, 1.82) is 0 Å². The van der Waals surface area contributed by atoms with E-state index >= 15 is 0 Å². The molecule has 0 aliphatic carbocycles. The van der Waals surface area contributed by atoms with Crippen LogP contribution in [0.15, 0.2) is 57.5 Å². The van der Waals surface area contributed by atoms with Crippen LogP contribution < -0.4 is 0 Å². The zero-order valence-corrected chi connectivity index (χ0v) is 12.5. The van der Waals surface area contributed by atoms with Crippen LogP contribution in [0.25, 0.3) is 22.8 Å². The number of hydrogen-bond donors (Lipinski definition) is 0. The monoisotopic (exact) mass is 368 g/mol. The maximum absolute atomic E-state index is 12.7. The van der Waals surface area contributed by atoms with Crippen molar-refractivity contribution in [3.63, 3.8) is 0 Å². The minimum atomic E-state index is -4.41. The van der Waals surface area contributed by atoms with Gasteiger partial charge in [0.2, 0.25) is 5.82 Å². The topological polar surface area (TPSA) is 38.9 Å². The van der Waals surface area contributed by atoms with Crippen LogP contribution in [-0.2, 0) is 6.18 Å². The molecule has 112 valence electrons. The standard InChI is InChI=1S/C15H8BrF3N2O/c16-12-6-4-9(5-7-12)14-20-13(21-22-14)10-2-1-3-11(8-10)15(17,18)19/h1-8H. The summed E-state index contributed by atoms with van der Waals surface area (Å²) in [6.45, 7) is 0. The molecular formula is C15H8BrF3N2O. The number of benzene rings is 2. The summed E-state index contributed by atoms with van der Waals surface area (Å²) >= 11 is 3.31. The van der Waals surface area contributed by atoms with Crippen molar-refractivity contribution in [3.8, 4) is 22.8 Å². The van der Waals surface area contributed by atoms with Crippen LogP contribution in [0.3, 0.4) is 0 Å². The fraction of sp³-hybridized carbons (Fsp3) is 0.0667. The van der Waals surface area contributed by atoms with Gasteiger partial charge in [-0.1, -0.05) is 33.2 Å². The predicted molar refractivity (Wildman–Crippen MR) is 77.9 cm³/mol. The molecule has 0 atom stereocenters. The molecule has 0 bridgehead atoms. The summed E-state index contributed by atoms with van der Waals surface area (Å²) in [5.74, 6) is 0.365. The summed E-state index contributed by atoms with van der Waals surface area (Å²) in [7, 11) is 0. The highest BCUT2D eigenvalue weighted by atomic mass is 79.9. The van der Waals surface area contributed by atoms with Gasteiger partial charge in [0.15, 0.2) is 0 Å². The molecule has 0 N–H and O–H groups in total. The first kappa shape index (κ1) is 14.8. The van der Waals surface area contributed by atoms with Crippen LogP contribution >= 0.6 is 15.9 Å². The Bertz CT molecular complexity index is 797. The third-order valence-corrected chi connectivity index (χ3v) is 3.49. The average Bonchev–Trinajstić information content (AvgIpc) is 2.97. The van der Waals surface area contributed by atoms with E-state index in [1.807, 2.05) is 12.1 Å². The Morgan fingerprint density at radius 2 is 1.68 bits per heavy atom. The molecule has 0 saturated heterocycles. The second kappa shape index (κ2) is 5.57. The van der Waals surface area contributed by atoms with Gasteiger partial charge in [0.1, 0.15) is 0 Å². The lowest BCUT2D eigenvalue weighted by atomic mass is 10.1. The van der Waals surface area contributed by atoms with Gasteiger partial charge in [-0.2, -0.15) is 18.2 Å². The Labute approximate surface area is 131 Å². The SMILES string of the molecule is FC(F)(F)c1cccc(-c2noc(-c3ccc(Br)cc3)n2)c1. The second-order valence-electron chi connectivity index (χ2n) is 4.51. The van der Waals surface area contributed by atoms with Crippen molar-refractivity contribution in [3.05, 3.63) is 58.6 Å².